The zero-order valence-corrected chi connectivity index (χ0v) is 26.8. The third kappa shape index (κ3) is 3.89. The minimum atomic E-state index is -0.320. The molecule has 9 saturated carbocycles. The Bertz CT molecular complexity index is 1090. The van der Waals surface area contributed by atoms with Crippen molar-refractivity contribution in [2.75, 3.05) is 0 Å². The molecule has 0 heterocycles. The molecule has 0 aliphatic heterocycles. The molecule has 0 spiro atoms. The molecule has 0 aromatic rings. The number of esters is 2. The van der Waals surface area contributed by atoms with Crippen molar-refractivity contribution in [3.05, 3.63) is 0 Å². The average Bonchev–Trinajstić information content (AvgIpc) is 3.45. The van der Waals surface area contributed by atoms with Crippen LogP contribution in [0.3, 0.4) is 0 Å². The van der Waals surface area contributed by atoms with Crippen LogP contribution in [-0.4, -0.2) is 23.6 Å². The fourth-order valence-corrected chi connectivity index (χ4v) is 13.8. The average molecular weight is 565 g/mol. The second kappa shape index (κ2) is 8.77. The third-order valence-electron chi connectivity index (χ3n) is 14.9. The van der Waals surface area contributed by atoms with Crippen molar-refractivity contribution in [2.24, 2.45) is 81.3 Å². The van der Waals surface area contributed by atoms with Crippen LogP contribution in [0, 0.1) is 81.3 Å². The summed E-state index contributed by atoms with van der Waals surface area (Å²) in [7, 11) is 0. The van der Waals surface area contributed by atoms with Gasteiger partial charge in [-0.3, -0.25) is 9.59 Å². The van der Waals surface area contributed by atoms with Gasteiger partial charge in [-0.15, -0.1) is 0 Å². The van der Waals surface area contributed by atoms with Gasteiger partial charge in [0.15, 0.2) is 0 Å². The topological polar surface area (TPSA) is 52.6 Å². The second-order valence-corrected chi connectivity index (χ2v) is 18.8. The zero-order valence-electron chi connectivity index (χ0n) is 26.8. The molecule has 228 valence electrons. The second-order valence-electron chi connectivity index (χ2n) is 18.8. The van der Waals surface area contributed by atoms with E-state index < -0.39 is 0 Å². The highest BCUT2D eigenvalue weighted by Crippen LogP contribution is 2.72. The summed E-state index contributed by atoms with van der Waals surface area (Å²) >= 11 is 0. The lowest BCUT2D eigenvalue weighted by molar-refractivity contribution is -0.218. The predicted octanol–water partition coefficient (Wildman–Crippen LogP) is 8.22. The Hall–Kier alpha value is -1.06. The van der Waals surface area contributed by atoms with Crippen LogP contribution in [0.25, 0.3) is 0 Å². The van der Waals surface area contributed by atoms with Crippen LogP contribution in [-0.2, 0) is 19.1 Å². The number of hydrogen-bond donors (Lipinski definition) is 0. The molecule has 9 aliphatic rings. The van der Waals surface area contributed by atoms with E-state index >= 15 is 0 Å². The molecule has 0 saturated heterocycles. The monoisotopic (exact) mass is 564 g/mol. The Kier molecular flexibility index (Phi) is 5.88. The fourth-order valence-electron chi connectivity index (χ4n) is 13.8. The first-order valence-corrected chi connectivity index (χ1v) is 17.8. The van der Waals surface area contributed by atoms with E-state index in [-0.39, 0.29) is 45.8 Å². The highest BCUT2D eigenvalue weighted by molar-refractivity contribution is 5.82. The summed E-state index contributed by atoms with van der Waals surface area (Å²) in [6.07, 6.45) is 15.3. The molecule has 9 fully saturated rings. The van der Waals surface area contributed by atoms with E-state index in [0.29, 0.717) is 41.4 Å². The van der Waals surface area contributed by atoms with Crippen LogP contribution >= 0.6 is 0 Å². The smallest absolute Gasteiger partial charge is 0.312 e. The summed E-state index contributed by atoms with van der Waals surface area (Å²) in [5, 5.41) is 0. The molecule has 0 amide bonds. The summed E-state index contributed by atoms with van der Waals surface area (Å²) in [6, 6.07) is 0. The SMILES string of the molecule is CCCC1(OC(=O)C2CC3CC2C2C4CC(CC4OC(=O)C4(CC(C)(C)C)CC4(C)C)C32)C2CC3CC(C2)CC1C3. The van der Waals surface area contributed by atoms with E-state index in [4.69, 9.17) is 9.47 Å². The van der Waals surface area contributed by atoms with Crippen molar-refractivity contribution in [1.29, 1.82) is 0 Å². The summed E-state index contributed by atoms with van der Waals surface area (Å²) in [5.74, 6) is 6.92. The maximum absolute atomic E-state index is 14.2. The van der Waals surface area contributed by atoms with Crippen molar-refractivity contribution in [3.63, 3.8) is 0 Å². The molecule has 9 unspecified atom stereocenters. The number of hydrogen-bond acceptors (Lipinski definition) is 4. The summed E-state index contributed by atoms with van der Waals surface area (Å²) < 4.78 is 13.5. The first-order chi connectivity index (χ1) is 19.3. The van der Waals surface area contributed by atoms with Crippen molar-refractivity contribution >= 4 is 11.9 Å². The van der Waals surface area contributed by atoms with E-state index in [9.17, 15) is 9.59 Å². The summed E-state index contributed by atoms with van der Waals surface area (Å²) in [6.45, 7) is 13.5. The van der Waals surface area contributed by atoms with Gasteiger partial charge in [0, 0.05) is 0 Å². The van der Waals surface area contributed by atoms with Gasteiger partial charge < -0.3 is 9.47 Å². The lowest BCUT2D eigenvalue weighted by Crippen LogP contribution is -2.60. The van der Waals surface area contributed by atoms with E-state index in [1.807, 2.05) is 0 Å². The number of fused-ring (bicyclic) bond motifs is 9. The van der Waals surface area contributed by atoms with Crippen molar-refractivity contribution in [2.45, 2.75) is 137 Å². The zero-order chi connectivity index (χ0) is 28.7. The van der Waals surface area contributed by atoms with E-state index in [1.165, 1.54) is 44.9 Å². The maximum atomic E-state index is 14.2. The third-order valence-corrected chi connectivity index (χ3v) is 14.9. The summed E-state index contributed by atoms with van der Waals surface area (Å²) in [5.41, 5.74) is -0.353. The van der Waals surface area contributed by atoms with Crippen LogP contribution in [0.4, 0.5) is 0 Å². The fraction of sp³-hybridized carbons (Fsp3) is 0.946. The van der Waals surface area contributed by atoms with Gasteiger partial charge >= 0.3 is 11.9 Å². The highest BCUT2D eigenvalue weighted by Gasteiger charge is 2.71. The largest absolute Gasteiger partial charge is 0.462 e. The molecule has 4 heteroatoms. The molecule has 41 heavy (non-hydrogen) atoms. The Morgan fingerprint density at radius 3 is 2.00 bits per heavy atom. The van der Waals surface area contributed by atoms with Crippen molar-refractivity contribution < 1.29 is 19.1 Å². The Labute approximate surface area is 248 Å². The van der Waals surface area contributed by atoms with E-state index in [2.05, 4.69) is 41.5 Å². The van der Waals surface area contributed by atoms with Crippen LogP contribution in [0.5, 0.6) is 0 Å². The van der Waals surface area contributed by atoms with E-state index in [0.717, 1.165) is 56.3 Å². The molecule has 8 bridgehead atoms. The quantitative estimate of drug-likeness (QED) is 0.231. The Morgan fingerprint density at radius 1 is 0.805 bits per heavy atom. The Balaban J connectivity index is 0.978. The maximum Gasteiger partial charge on any atom is 0.312 e. The number of rotatable bonds is 7. The number of carbonyl (C=O) groups excluding carboxylic acids is 2. The Morgan fingerprint density at radius 2 is 1.41 bits per heavy atom. The van der Waals surface area contributed by atoms with E-state index in [1.54, 1.807) is 0 Å². The first-order valence-electron chi connectivity index (χ1n) is 17.8. The van der Waals surface area contributed by atoms with Gasteiger partial charge in [0.1, 0.15) is 11.7 Å². The van der Waals surface area contributed by atoms with Crippen molar-refractivity contribution in [1.82, 2.24) is 0 Å². The van der Waals surface area contributed by atoms with Gasteiger partial charge in [-0.05, 0) is 147 Å². The highest BCUT2D eigenvalue weighted by atomic mass is 16.6. The molecule has 9 aliphatic carbocycles. The number of carbonyl (C=O) groups is 2. The first kappa shape index (κ1) is 27.5. The molecule has 0 N–H and O–H groups in total. The normalized spacial score (nSPS) is 53.0. The van der Waals surface area contributed by atoms with Gasteiger partial charge in [0.2, 0.25) is 0 Å². The lowest BCUT2D eigenvalue weighted by Gasteiger charge is -2.60. The minimum Gasteiger partial charge on any atom is -0.462 e. The van der Waals surface area contributed by atoms with Crippen LogP contribution in [0.1, 0.15) is 125 Å². The van der Waals surface area contributed by atoms with Gasteiger partial charge in [0.05, 0.1) is 11.3 Å². The van der Waals surface area contributed by atoms with Gasteiger partial charge in [0.25, 0.3) is 0 Å². The molecule has 0 radical (unpaired) electrons. The predicted molar refractivity (Wildman–Crippen MR) is 158 cm³/mol. The summed E-state index contributed by atoms with van der Waals surface area (Å²) in [4.78, 5) is 28.0. The molecule has 9 atom stereocenters. The molecule has 0 aromatic carbocycles. The van der Waals surface area contributed by atoms with Crippen LogP contribution in [0.2, 0.25) is 0 Å². The molecule has 9 rings (SSSR count). The number of ether oxygens (including phenoxy) is 2. The lowest BCUT2D eigenvalue weighted by atomic mass is 9.49. The van der Waals surface area contributed by atoms with Gasteiger partial charge in [-0.1, -0.05) is 48.0 Å². The van der Waals surface area contributed by atoms with Gasteiger partial charge in [-0.25, -0.2) is 0 Å². The van der Waals surface area contributed by atoms with Crippen LogP contribution < -0.4 is 0 Å². The minimum absolute atomic E-state index is 0.0329. The standard InChI is InChI=1S/C37H56O4/c1-7-8-37(24-10-20-9-21(12-24)13-25(37)11-20)41-32(38)27-15-22-14-26(27)31-28-16-23(30(22)31)17-29(28)40-33(39)36(18-34(2,3)4)19-35(36,5)6/h20-31H,7-19H2,1-6H3. The molecule has 4 nitrogen and oxygen atoms in total. The molecular formula is C37H56O4. The van der Waals surface area contributed by atoms with Crippen molar-refractivity contribution in [3.8, 4) is 0 Å². The van der Waals surface area contributed by atoms with Gasteiger partial charge in [-0.2, -0.15) is 0 Å². The molecular weight excluding hydrogens is 508 g/mol. The molecule has 0 aromatic heterocycles. The van der Waals surface area contributed by atoms with Crippen LogP contribution in [0.15, 0.2) is 0 Å².